The third kappa shape index (κ3) is 3.22. The maximum Gasteiger partial charge on any atom is 0.395 e. The number of fused-ring (bicyclic) bond motifs is 1. The Morgan fingerprint density at radius 2 is 1.96 bits per heavy atom. The van der Waals surface area contributed by atoms with Crippen molar-refractivity contribution >= 4 is 11.5 Å². The van der Waals surface area contributed by atoms with Crippen LogP contribution in [-0.2, 0) is 0 Å². The monoisotopic (exact) mass is 387 g/mol. The number of imidazole rings is 1. The summed E-state index contributed by atoms with van der Waals surface area (Å²) >= 11 is 0. The smallest absolute Gasteiger partial charge is 0.365 e. The van der Waals surface area contributed by atoms with Crippen molar-refractivity contribution in [2.75, 3.05) is 18.4 Å². The number of alkyl halides is 3. The van der Waals surface area contributed by atoms with Gasteiger partial charge in [0.1, 0.15) is 11.5 Å². The Balaban J connectivity index is 1.44. The summed E-state index contributed by atoms with van der Waals surface area (Å²) in [6, 6.07) is 8.74. The molecule has 3 aromatic heterocycles. The van der Waals surface area contributed by atoms with Gasteiger partial charge in [-0.3, -0.25) is 4.40 Å². The van der Waals surface area contributed by atoms with E-state index in [-0.39, 0.29) is 13.1 Å². The first-order valence-corrected chi connectivity index (χ1v) is 9.47. The van der Waals surface area contributed by atoms with Crippen LogP contribution in [0.3, 0.4) is 0 Å². The quantitative estimate of drug-likeness (QED) is 0.714. The average Bonchev–Trinajstić information content (AvgIpc) is 3.25. The van der Waals surface area contributed by atoms with Crippen LogP contribution in [0.2, 0.25) is 0 Å². The summed E-state index contributed by atoms with van der Waals surface area (Å²) in [5, 5.41) is 5.78. The highest BCUT2D eigenvalue weighted by atomic mass is 19.4. The van der Waals surface area contributed by atoms with Gasteiger partial charge in [-0.1, -0.05) is 12.1 Å². The lowest BCUT2D eigenvalue weighted by molar-refractivity contribution is -0.170. The number of pyridine rings is 2. The Morgan fingerprint density at radius 3 is 2.75 bits per heavy atom. The van der Waals surface area contributed by atoms with Gasteiger partial charge in [0.15, 0.2) is 0 Å². The number of anilines is 1. The summed E-state index contributed by atoms with van der Waals surface area (Å²) in [6.07, 6.45) is 2.04. The Hall–Kier alpha value is -2.61. The second kappa shape index (κ2) is 6.48. The van der Waals surface area contributed by atoms with E-state index in [4.69, 9.17) is 0 Å². The predicted molar refractivity (Wildman–Crippen MR) is 100 cm³/mol. The molecule has 2 N–H and O–H groups in total. The van der Waals surface area contributed by atoms with Gasteiger partial charge in [0.25, 0.3) is 0 Å². The van der Waals surface area contributed by atoms with Crippen molar-refractivity contribution in [1.82, 2.24) is 19.7 Å². The van der Waals surface area contributed by atoms with Crippen LogP contribution in [0.15, 0.2) is 42.7 Å². The topological polar surface area (TPSA) is 54.2 Å². The van der Waals surface area contributed by atoms with Crippen molar-refractivity contribution in [3.63, 3.8) is 0 Å². The molecule has 3 aromatic rings. The normalized spacial score (nSPS) is 22.7. The third-order valence-corrected chi connectivity index (χ3v) is 5.56. The largest absolute Gasteiger partial charge is 0.395 e. The SMILES string of the molecule is FC(F)(F)[C@H]1CNC[C@@H]1Nc1cccc(-c2cnc3ccc(C4CC4)cn23)n1. The highest BCUT2D eigenvalue weighted by Crippen LogP contribution is 2.40. The fourth-order valence-electron chi connectivity index (χ4n) is 3.87. The van der Waals surface area contributed by atoms with Gasteiger partial charge < -0.3 is 10.6 Å². The van der Waals surface area contributed by atoms with Gasteiger partial charge in [0, 0.05) is 19.3 Å². The lowest BCUT2D eigenvalue weighted by atomic mass is 10.0. The third-order valence-electron chi connectivity index (χ3n) is 5.56. The molecule has 0 unspecified atom stereocenters. The summed E-state index contributed by atoms with van der Waals surface area (Å²) in [6.45, 7) is 0.189. The summed E-state index contributed by atoms with van der Waals surface area (Å²) in [7, 11) is 0. The zero-order valence-corrected chi connectivity index (χ0v) is 15.1. The summed E-state index contributed by atoms with van der Waals surface area (Å²) in [4.78, 5) is 9.01. The lowest BCUT2D eigenvalue weighted by Crippen LogP contribution is -2.38. The van der Waals surface area contributed by atoms with Gasteiger partial charge in [0.05, 0.1) is 29.5 Å². The van der Waals surface area contributed by atoms with E-state index in [1.54, 1.807) is 18.3 Å². The maximum atomic E-state index is 13.2. The Labute approximate surface area is 160 Å². The molecule has 2 atom stereocenters. The molecule has 2 fully saturated rings. The van der Waals surface area contributed by atoms with Gasteiger partial charge in [-0.05, 0) is 42.5 Å². The molecule has 0 spiro atoms. The van der Waals surface area contributed by atoms with Gasteiger partial charge in [-0.25, -0.2) is 9.97 Å². The molecule has 0 amide bonds. The highest BCUT2D eigenvalue weighted by molar-refractivity contribution is 5.62. The van der Waals surface area contributed by atoms with Crippen LogP contribution >= 0.6 is 0 Å². The number of hydrogen-bond acceptors (Lipinski definition) is 4. The van der Waals surface area contributed by atoms with Crippen LogP contribution < -0.4 is 10.6 Å². The van der Waals surface area contributed by atoms with Crippen LogP contribution in [0.5, 0.6) is 0 Å². The number of halogens is 3. The van der Waals surface area contributed by atoms with Gasteiger partial charge in [0.2, 0.25) is 0 Å². The molecule has 8 heteroatoms. The van der Waals surface area contributed by atoms with Gasteiger partial charge >= 0.3 is 6.18 Å². The molecule has 0 bridgehead atoms. The van der Waals surface area contributed by atoms with E-state index in [9.17, 15) is 13.2 Å². The molecule has 1 aliphatic heterocycles. The first-order valence-electron chi connectivity index (χ1n) is 9.47. The second-order valence-electron chi connectivity index (χ2n) is 7.57. The van der Waals surface area contributed by atoms with E-state index in [2.05, 4.69) is 32.9 Å². The predicted octanol–water partition coefficient (Wildman–Crippen LogP) is 3.84. The van der Waals surface area contributed by atoms with Crippen molar-refractivity contribution < 1.29 is 13.2 Å². The maximum absolute atomic E-state index is 13.2. The van der Waals surface area contributed by atoms with E-state index in [0.717, 1.165) is 11.3 Å². The number of nitrogens with zero attached hydrogens (tertiary/aromatic N) is 3. The standard InChI is InChI=1S/C20H20F3N5/c21-20(22,23)14-8-24-9-16(14)27-18-3-1-2-15(26-18)17-10-25-19-7-6-13(11-28(17)19)12-4-5-12/h1-3,6-7,10-12,14,16,24H,4-5,8-9H2,(H,26,27)/t14-,16-/m0/s1. The molecule has 5 nitrogen and oxygen atoms in total. The highest BCUT2D eigenvalue weighted by Gasteiger charge is 2.47. The number of hydrogen-bond donors (Lipinski definition) is 2. The molecular weight excluding hydrogens is 367 g/mol. The molecule has 4 heterocycles. The fourth-order valence-corrected chi connectivity index (χ4v) is 3.87. The summed E-state index contributed by atoms with van der Waals surface area (Å²) in [5.41, 5.74) is 3.63. The first-order chi connectivity index (χ1) is 13.5. The van der Waals surface area contributed by atoms with Crippen molar-refractivity contribution in [3.05, 3.63) is 48.3 Å². The van der Waals surface area contributed by atoms with E-state index in [0.29, 0.717) is 17.4 Å². The van der Waals surface area contributed by atoms with Crippen LogP contribution in [0.1, 0.15) is 24.3 Å². The number of nitrogens with one attached hydrogen (secondary N) is 2. The van der Waals surface area contributed by atoms with E-state index in [1.165, 1.54) is 18.4 Å². The van der Waals surface area contributed by atoms with E-state index in [1.807, 2.05) is 16.5 Å². The average molecular weight is 387 g/mol. The minimum atomic E-state index is -4.24. The second-order valence-corrected chi connectivity index (χ2v) is 7.57. The van der Waals surface area contributed by atoms with Crippen LogP contribution in [0.25, 0.3) is 17.0 Å². The minimum Gasteiger partial charge on any atom is -0.365 e. The molecule has 1 saturated heterocycles. The van der Waals surface area contributed by atoms with Crippen LogP contribution in [-0.4, -0.2) is 39.7 Å². The molecule has 146 valence electrons. The van der Waals surface area contributed by atoms with Crippen molar-refractivity contribution in [3.8, 4) is 11.4 Å². The molecule has 1 aliphatic carbocycles. The molecule has 0 radical (unpaired) electrons. The molecule has 2 aliphatic rings. The first kappa shape index (κ1) is 17.5. The van der Waals surface area contributed by atoms with Crippen molar-refractivity contribution in [2.45, 2.75) is 31.0 Å². The number of rotatable bonds is 4. The summed E-state index contributed by atoms with van der Waals surface area (Å²) < 4.78 is 41.6. The molecule has 0 aromatic carbocycles. The van der Waals surface area contributed by atoms with E-state index >= 15 is 0 Å². The fraction of sp³-hybridized carbons (Fsp3) is 0.400. The Morgan fingerprint density at radius 1 is 1.11 bits per heavy atom. The Kier molecular flexibility index (Phi) is 4.04. The zero-order valence-electron chi connectivity index (χ0n) is 15.1. The summed E-state index contributed by atoms with van der Waals surface area (Å²) in [5.74, 6) is -0.363. The Bertz CT molecular complexity index is 1010. The zero-order chi connectivity index (χ0) is 19.3. The van der Waals surface area contributed by atoms with Crippen molar-refractivity contribution in [1.29, 1.82) is 0 Å². The molecule has 1 saturated carbocycles. The molecule has 5 rings (SSSR count). The molecular formula is C20H20F3N5. The molecule has 28 heavy (non-hydrogen) atoms. The van der Waals surface area contributed by atoms with E-state index < -0.39 is 18.1 Å². The van der Waals surface area contributed by atoms with Gasteiger partial charge in [-0.2, -0.15) is 13.2 Å². The van der Waals surface area contributed by atoms with Crippen LogP contribution in [0, 0.1) is 5.92 Å². The van der Waals surface area contributed by atoms with Crippen LogP contribution in [0.4, 0.5) is 19.0 Å². The minimum absolute atomic E-state index is 0.0714. The van der Waals surface area contributed by atoms with Crippen molar-refractivity contribution in [2.24, 2.45) is 5.92 Å². The van der Waals surface area contributed by atoms with Gasteiger partial charge in [-0.15, -0.1) is 0 Å². The number of aromatic nitrogens is 3. The lowest BCUT2D eigenvalue weighted by Gasteiger charge is -2.22.